The highest BCUT2D eigenvalue weighted by Crippen LogP contribution is 2.48. The number of benzene rings is 9. The average Bonchev–Trinajstić information content (AvgIpc) is 0.881. The van der Waals surface area contributed by atoms with Crippen LogP contribution in [-0.4, -0.2) is 15.8 Å². The zero-order valence-electron chi connectivity index (χ0n) is 52.7. The van der Waals surface area contributed by atoms with Gasteiger partial charge in [-0.25, -0.2) is 0 Å². The van der Waals surface area contributed by atoms with Crippen molar-refractivity contribution >= 4 is 101 Å². The van der Waals surface area contributed by atoms with E-state index in [2.05, 4.69) is 305 Å². The van der Waals surface area contributed by atoms with Gasteiger partial charge in [-0.1, -0.05) is 177 Å². The third-order valence-electron chi connectivity index (χ3n) is 17.1. The first-order valence-corrected chi connectivity index (χ1v) is 31.0. The Hall–Kier alpha value is -7.76. The van der Waals surface area contributed by atoms with Crippen LogP contribution in [0.15, 0.2) is 182 Å². The molecule has 424 valence electrons. The van der Waals surface area contributed by atoms with Crippen molar-refractivity contribution in [2.45, 2.75) is 136 Å². The van der Waals surface area contributed by atoms with E-state index in [1.54, 1.807) is 0 Å². The first kappa shape index (κ1) is 55.4. The number of nitrogens with zero attached hydrogens (tertiary/aromatic N) is 4. The molecule has 0 spiro atoms. The quantitative estimate of drug-likeness (QED) is 0.134. The largest absolute Gasteiger partial charge is 0.311 e. The normalized spacial score (nSPS) is 13.8. The van der Waals surface area contributed by atoms with Gasteiger partial charge in [-0.15, -0.1) is 0 Å². The van der Waals surface area contributed by atoms with Crippen LogP contribution in [0, 0.1) is 27.1 Å². The zero-order chi connectivity index (χ0) is 59.0. The Balaban J connectivity index is 1.08. The van der Waals surface area contributed by atoms with Gasteiger partial charge < -0.3 is 18.9 Å². The average molecular weight is 1100 g/mol. The van der Waals surface area contributed by atoms with Crippen LogP contribution in [0.1, 0.15) is 132 Å². The fourth-order valence-electron chi connectivity index (χ4n) is 14.4. The van der Waals surface area contributed by atoms with Gasteiger partial charge in [-0.05, 0) is 213 Å². The number of hydrogen-bond donors (Lipinski definition) is 0. The summed E-state index contributed by atoms with van der Waals surface area (Å²) < 4.78 is 5.10. The molecule has 11 aromatic rings. The zero-order valence-corrected chi connectivity index (χ0v) is 52.7. The molecule has 0 saturated carbocycles. The van der Waals surface area contributed by atoms with Crippen LogP contribution in [0.5, 0.6) is 0 Å². The third kappa shape index (κ3) is 10.4. The molecule has 0 radical (unpaired) electrons. The standard InChI is InChI=1S/C79H85BN4/c1-75(2,3)46-51-26-34-66-60(38-51)61-39-52(47-76(4,5)6)27-35-67(61)83(66)58-30-32-64-70(44-58)81(56-22-18-16-19-23-56)72-42-55(50-79(13,14)15)43-73-74(72)80(64)65-33-31-59(45-71(65)82(73)57-24-20-17-21-25-57)84-68-36-28-53(48-77(7,8)9)40-62(68)63-41-54(29-37-69(63)84)49-78(10,11)12/h16-45H,46-50H2,1-15H3. The van der Waals surface area contributed by atoms with E-state index in [9.17, 15) is 0 Å². The van der Waals surface area contributed by atoms with Crippen LogP contribution in [0.2, 0.25) is 0 Å². The number of anilines is 6. The van der Waals surface area contributed by atoms with E-state index in [0.717, 1.165) is 54.9 Å². The molecule has 2 aromatic heterocycles. The lowest BCUT2D eigenvalue weighted by atomic mass is 9.33. The van der Waals surface area contributed by atoms with Crippen molar-refractivity contribution in [2.75, 3.05) is 9.80 Å². The van der Waals surface area contributed by atoms with Crippen LogP contribution in [0.4, 0.5) is 34.1 Å². The van der Waals surface area contributed by atoms with Crippen molar-refractivity contribution in [1.29, 1.82) is 0 Å². The fraction of sp³-hybridized carbons (Fsp3) is 0.316. The molecular weight excluding hydrogens is 1020 g/mol. The maximum atomic E-state index is 2.60. The summed E-state index contributed by atoms with van der Waals surface area (Å²) in [6.07, 6.45) is 4.99. The van der Waals surface area contributed by atoms with E-state index in [1.807, 2.05) is 0 Å². The molecule has 0 atom stereocenters. The number of para-hydroxylation sites is 2. The molecule has 4 heterocycles. The molecule has 5 heteroatoms. The highest BCUT2D eigenvalue weighted by Gasteiger charge is 2.44. The summed E-state index contributed by atoms with van der Waals surface area (Å²) in [6, 6.07) is 71.3. The van der Waals surface area contributed by atoms with E-state index in [0.29, 0.717) is 0 Å². The van der Waals surface area contributed by atoms with Gasteiger partial charge in [0.15, 0.2) is 0 Å². The van der Waals surface area contributed by atoms with E-state index < -0.39 is 0 Å². The Morgan fingerprint density at radius 1 is 0.274 bits per heavy atom. The van der Waals surface area contributed by atoms with Gasteiger partial charge in [0.2, 0.25) is 0 Å². The van der Waals surface area contributed by atoms with Crippen molar-refractivity contribution in [2.24, 2.45) is 27.1 Å². The Bertz CT molecular complexity index is 3950. The Morgan fingerprint density at radius 2 is 0.571 bits per heavy atom. The summed E-state index contributed by atoms with van der Waals surface area (Å²) in [5.74, 6) is 0. The van der Waals surface area contributed by atoms with Gasteiger partial charge in [-0.3, -0.25) is 0 Å². The SMILES string of the molecule is CC(C)(C)Cc1cc2c3c(c1)N(c1ccccc1)c1cc(-n4c5ccc(CC(C)(C)C)cc5c5cc(CC(C)(C)C)ccc54)ccc1B3c1ccc(-n3c4ccc(CC(C)(C)C)cc4c4cc(CC(C)(C)C)ccc43)cc1N2c1ccccc1. The summed E-state index contributed by atoms with van der Waals surface area (Å²) in [6.45, 7) is 35.3. The van der Waals surface area contributed by atoms with Crippen LogP contribution >= 0.6 is 0 Å². The highest BCUT2D eigenvalue weighted by atomic mass is 15.2. The first-order chi connectivity index (χ1) is 39.7. The molecule has 0 bridgehead atoms. The molecule has 2 aliphatic rings. The van der Waals surface area contributed by atoms with Crippen LogP contribution in [0.25, 0.3) is 55.0 Å². The van der Waals surface area contributed by atoms with Gasteiger partial charge >= 0.3 is 0 Å². The summed E-state index contributed by atoms with van der Waals surface area (Å²) in [7, 11) is 0. The maximum Gasteiger partial charge on any atom is 0.252 e. The topological polar surface area (TPSA) is 16.3 Å². The van der Waals surface area contributed by atoms with E-state index >= 15 is 0 Å². The number of aromatic nitrogens is 2. The summed E-state index contributed by atoms with van der Waals surface area (Å²) >= 11 is 0. The van der Waals surface area contributed by atoms with Crippen molar-refractivity contribution in [1.82, 2.24) is 9.13 Å². The number of rotatable bonds is 9. The summed E-state index contributed by atoms with van der Waals surface area (Å²) in [5, 5.41) is 5.27. The molecular formula is C79H85BN4. The molecule has 0 aliphatic carbocycles. The second kappa shape index (κ2) is 19.9. The van der Waals surface area contributed by atoms with E-state index in [-0.39, 0.29) is 33.8 Å². The minimum absolute atomic E-state index is 0.0427. The molecule has 9 aromatic carbocycles. The summed E-state index contributed by atoms with van der Waals surface area (Å²) in [4.78, 5) is 5.19. The molecule has 0 fully saturated rings. The lowest BCUT2D eigenvalue weighted by Crippen LogP contribution is -2.61. The van der Waals surface area contributed by atoms with Crippen LogP contribution < -0.4 is 26.2 Å². The number of hydrogen-bond acceptors (Lipinski definition) is 2. The minimum Gasteiger partial charge on any atom is -0.311 e. The molecule has 84 heavy (non-hydrogen) atoms. The smallest absolute Gasteiger partial charge is 0.252 e. The van der Waals surface area contributed by atoms with E-state index in [1.165, 1.54) is 111 Å². The molecule has 0 N–H and O–H groups in total. The Kier molecular flexibility index (Phi) is 13.2. The molecule has 2 aliphatic heterocycles. The third-order valence-corrected chi connectivity index (χ3v) is 17.1. The van der Waals surface area contributed by atoms with Crippen LogP contribution in [-0.2, 0) is 32.1 Å². The lowest BCUT2D eigenvalue weighted by molar-refractivity contribution is 0.411. The predicted molar refractivity (Wildman–Crippen MR) is 365 cm³/mol. The van der Waals surface area contributed by atoms with Crippen molar-refractivity contribution < 1.29 is 0 Å². The second-order valence-corrected chi connectivity index (χ2v) is 31.1. The van der Waals surface area contributed by atoms with Gasteiger partial charge in [0.05, 0.1) is 22.1 Å². The van der Waals surface area contributed by atoms with Gasteiger partial charge in [0.1, 0.15) is 0 Å². The van der Waals surface area contributed by atoms with Crippen LogP contribution in [0.3, 0.4) is 0 Å². The summed E-state index contributed by atoms with van der Waals surface area (Å²) in [5.41, 5.74) is 26.0. The predicted octanol–water partition coefficient (Wildman–Crippen LogP) is 19.9. The monoisotopic (exact) mass is 1100 g/mol. The van der Waals surface area contributed by atoms with Crippen molar-refractivity contribution in [3.05, 3.63) is 210 Å². The molecule has 13 rings (SSSR count). The molecule has 0 unspecified atom stereocenters. The van der Waals surface area contributed by atoms with Gasteiger partial charge in [0, 0.05) is 67.0 Å². The molecule has 4 nitrogen and oxygen atoms in total. The maximum absolute atomic E-state index is 2.60. The van der Waals surface area contributed by atoms with Gasteiger partial charge in [-0.2, -0.15) is 0 Å². The molecule has 0 amide bonds. The van der Waals surface area contributed by atoms with E-state index in [4.69, 9.17) is 0 Å². The molecule has 0 saturated heterocycles. The minimum atomic E-state index is -0.0529. The van der Waals surface area contributed by atoms with Gasteiger partial charge in [0.25, 0.3) is 6.71 Å². The Morgan fingerprint density at radius 3 is 0.869 bits per heavy atom. The fourth-order valence-corrected chi connectivity index (χ4v) is 14.4. The highest BCUT2D eigenvalue weighted by molar-refractivity contribution is 7.00. The first-order valence-electron chi connectivity index (χ1n) is 31.0. The number of fused-ring (bicyclic) bond motifs is 10. The lowest BCUT2D eigenvalue weighted by Gasteiger charge is -2.45. The van der Waals surface area contributed by atoms with Crippen molar-refractivity contribution in [3.8, 4) is 11.4 Å². The second-order valence-electron chi connectivity index (χ2n) is 31.1. The van der Waals surface area contributed by atoms with Crippen molar-refractivity contribution in [3.63, 3.8) is 0 Å². The Labute approximate surface area is 501 Å².